The van der Waals surface area contributed by atoms with Crippen molar-refractivity contribution in [2.75, 3.05) is 30.9 Å². The Morgan fingerprint density at radius 3 is 2.83 bits per heavy atom. The number of benzene rings is 2. The number of halogens is 1. The van der Waals surface area contributed by atoms with E-state index in [2.05, 4.69) is 20.6 Å². The SMILES string of the molecule is COCCCNc1nc2ccc(F)cc2n2c(NC(=O)c3ccccc3)cnc12. The average Bonchev–Trinajstić information content (AvgIpc) is 3.16. The number of ether oxygens (including phenoxy) is 1. The van der Waals surface area contributed by atoms with Crippen molar-refractivity contribution in [3.63, 3.8) is 0 Å². The van der Waals surface area contributed by atoms with Crippen molar-refractivity contribution in [3.05, 3.63) is 66.1 Å². The molecule has 4 aromatic rings. The first-order valence-electron chi connectivity index (χ1n) is 9.23. The molecule has 0 atom stereocenters. The number of fused-ring (bicyclic) bond motifs is 3. The van der Waals surface area contributed by atoms with Gasteiger partial charge < -0.3 is 15.4 Å². The zero-order valence-corrected chi connectivity index (χ0v) is 15.9. The van der Waals surface area contributed by atoms with Crippen LogP contribution in [-0.2, 0) is 4.74 Å². The van der Waals surface area contributed by atoms with Crippen molar-refractivity contribution in [1.29, 1.82) is 0 Å². The molecule has 0 unspecified atom stereocenters. The predicted octanol–water partition coefficient (Wildman–Crippen LogP) is 3.72. The lowest BCUT2D eigenvalue weighted by molar-refractivity contribution is 0.102. The highest BCUT2D eigenvalue weighted by molar-refractivity contribution is 6.04. The van der Waals surface area contributed by atoms with Crippen LogP contribution in [0.25, 0.3) is 16.7 Å². The van der Waals surface area contributed by atoms with Gasteiger partial charge in [-0.2, -0.15) is 0 Å². The summed E-state index contributed by atoms with van der Waals surface area (Å²) in [6, 6.07) is 13.2. The van der Waals surface area contributed by atoms with E-state index < -0.39 is 5.82 Å². The van der Waals surface area contributed by atoms with E-state index in [0.29, 0.717) is 47.0 Å². The Morgan fingerprint density at radius 2 is 2.03 bits per heavy atom. The molecule has 7 nitrogen and oxygen atoms in total. The van der Waals surface area contributed by atoms with Crippen LogP contribution >= 0.6 is 0 Å². The van der Waals surface area contributed by atoms with E-state index in [1.165, 1.54) is 12.1 Å². The minimum absolute atomic E-state index is 0.275. The normalized spacial score (nSPS) is 11.1. The summed E-state index contributed by atoms with van der Waals surface area (Å²) < 4.78 is 20.7. The number of imidazole rings is 1. The van der Waals surface area contributed by atoms with Gasteiger partial charge in [0.05, 0.1) is 17.2 Å². The molecule has 1 amide bonds. The molecule has 0 bridgehead atoms. The molecule has 29 heavy (non-hydrogen) atoms. The summed E-state index contributed by atoms with van der Waals surface area (Å²) in [6.45, 7) is 1.26. The highest BCUT2D eigenvalue weighted by Crippen LogP contribution is 2.26. The Hall–Kier alpha value is -3.52. The Kier molecular flexibility index (Phi) is 5.35. The van der Waals surface area contributed by atoms with Gasteiger partial charge in [0.25, 0.3) is 5.91 Å². The molecule has 148 valence electrons. The van der Waals surface area contributed by atoms with Crippen molar-refractivity contribution in [3.8, 4) is 0 Å². The van der Waals surface area contributed by atoms with Crippen LogP contribution in [0.2, 0.25) is 0 Å². The number of rotatable bonds is 7. The van der Waals surface area contributed by atoms with Gasteiger partial charge in [0.2, 0.25) is 0 Å². The summed E-state index contributed by atoms with van der Waals surface area (Å²) >= 11 is 0. The summed E-state index contributed by atoms with van der Waals surface area (Å²) in [4.78, 5) is 21.6. The summed E-state index contributed by atoms with van der Waals surface area (Å²) in [5.74, 6) is 0.325. The zero-order valence-electron chi connectivity index (χ0n) is 15.9. The highest BCUT2D eigenvalue weighted by Gasteiger charge is 2.16. The van der Waals surface area contributed by atoms with Crippen LogP contribution in [0.5, 0.6) is 0 Å². The van der Waals surface area contributed by atoms with Crippen molar-refractivity contribution in [1.82, 2.24) is 14.4 Å². The van der Waals surface area contributed by atoms with Gasteiger partial charge in [-0.05, 0) is 30.7 Å². The first-order valence-corrected chi connectivity index (χ1v) is 9.23. The lowest BCUT2D eigenvalue weighted by atomic mass is 10.2. The van der Waals surface area contributed by atoms with Gasteiger partial charge in [-0.1, -0.05) is 18.2 Å². The number of nitrogens with zero attached hydrogens (tertiary/aromatic N) is 3. The van der Waals surface area contributed by atoms with Gasteiger partial charge in [0.15, 0.2) is 11.5 Å². The van der Waals surface area contributed by atoms with Gasteiger partial charge in [0.1, 0.15) is 11.6 Å². The summed E-state index contributed by atoms with van der Waals surface area (Å²) in [6.07, 6.45) is 2.34. The molecule has 0 aliphatic carbocycles. The number of hydrogen-bond donors (Lipinski definition) is 2. The first kappa shape index (κ1) is 18.8. The minimum atomic E-state index is -0.393. The van der Waals surface area contributed by atoms with Crippen LogP contribution < -0.4 is 10.6 Å². The standard InChI is InChI=1S/C21H20FN5O2/c1-29-11-5-10-23-19-20-24-13-18(26-21(28)14-6-3-2-4-7-14)27(20)17-12-15(22)8-9-16(17)25-19/h2-4,6-9,12-13H,5,10-11H2,1H3,(H,23,25)(H,26,28). The molecule has 0 fully saturated rings. The summed E-state index contributed by atoms with van der Waals surface area (Å²) in [5, 5.41) is 6.11. The Bertz CT molecular complexity index is 1160. The maximum absolute atomic E-state index is 13.9. The summed E-state index contributed by atoms with van der Waals surface area (Å²) in [5.41, 5.74) is 2.12. The molecule has 2 aromatic heterocycles. The number of anilines is 2. The number of carbonyl (C=O) groups is 1. The topological polar surface area (TPSA) is 80.5 Å². The zero-order chi connectivity index (χ0) is 20.2. The molecule has 4 rings (SSSR count). The number of amides is 1. The van der Waals surface area contributed by atoms with E-state index in [1.807, 2.05) is 6.07 Å². The molecular weight excluding hydrogens is 373 g/mol. The second kappa shape index (κ2) is 8.24. The van der Waals surface area contributed by atoms with Crippen molar-refractivity contribution < 1.29 is 13.9 Å². The van der Waals surface area contributed by atoms with Gasteiger partial charge in [-0.25, -0.2) is 14.4 Å². The third kappa shape index (κ3) is 3.88. The quantitative estimate of drug-likeness (QED) is 0.468. The van der Waals surface area contributed by atoms with E-state index in [-0.39, 0.29) is 5.91 Å². The minimum Gasteiger partial charge on any atom is -0.385 e. The Balaban J connectivity index is 1.77. The maximum Gasteiger partial charge on any atom is 0.256 e. The van der Waals surface area contributed by atoms with Crippen LogP contribution in [0.3, 0.4) is 0 Å². The van der Waals surface area contributed by atoms with Crippen molar-refractivity contribution in [2.45, 2.75) is 6.42 Å². The molecule has 2 aromatic carbocycles. The molecule has 0 saturated carbocycles. The largest absolute Gasteiger partial charge is 0.385 e. The van der Waals surface area contributed by atoms with E-state index in [1.54, 1.807) is 48.0 Å². The average molecular weight is 393 g/mol. The smallest absolute Gasteiger partial charge is 0.256 e. The van der Waals surface area contributed by atoms with Gasteiger partial charge >= 0.3 is 0 Å². The maximum atomic E-state index is 13.9. The number of carbonyl (C=O) groups excluding carboxylic acids is 1. The van der Waals surface area contributed by atoms with Gasteiger partial charge in [-0.3, -0.25) is 9.20 Å². The summed E-state index contributed by atoms with van der Waals surface area (Å²) in [7, 11) is 1.65. The highest BCUT2D eigenvalue weighted by atomic mass is 19.1. The van der Waals surface area contributed by atoms with Crippen molar-refractivity contribution in [2.24, 2.45) is 0 Å². The van der Waals surface area contributed by atoms with E-state index in [9.17, 15) is 9.18 Å². The molecule has 2 N–H and O–H groups in total. The first-order chi connectivity index (χ1) is 14.2. The van der Waals surface area contributed by atoms with Crippen LogP contribution in [-0.4, -0.2) is 40.5 Å². The van der Waals surface area contributed by atoms with E-state index >= 15 is 0 Å². The lowest BCUT2D eigenvalue weighted by Crippen LogP contribution is -2.14. The second-order valence-corrected chi connectivity index (χ2v) is 6.49. The van der Waals surface area contributed by atoms with E-state index in [4.69, 9.17) is 4.74 Å². The molecule has 0 aliphatic rings. The molecule has 0 spiro atoms. The monoisotopic (exact) mass is 393 g/mol. The third-order valence-electron chi connectivity index (χ3n) is 4.48. The fourth-order valence-electron chi connectivity index (χ4n) is 3.11. The third-order valence-corrected chi connectivity index (χ3v) is 4.48. The van der Waals surface area contributed by atoms with Gasteiger partial charge in [-0.15, -0.1) is 0 Å². The van der Waals surface area contributed by atoms with Crippen LogP contribution in [0, 0.1) is 5.82 Å². The molecular formula is C21H20FN5O2. The van der Waals surface area contributed by atoms with Crippen LogP contribution in [0.1, 0.15) is 16.8 Å². The fraction of sp³-hybridized carbons (Fsp3) is 0.190. The van der Waals surface area contributed by atoms with Crippen LogP contribution in [0.15, 0.2) is 54.7 Å². The fourth-order valence-corrected chi connectivity index (χ4v) is 3.11. The number of hydrogen-bond acceptors (Lipinski definition) is 5. The second-order valence-electron chi connectivity index (χ2n) is 6.49. The van der Waals surface area contributed by atoms with Crippen LogP contribution in [0.4, 0.5) is 16.0 Å². The van der Waals surface area contributed by atoms with Gasteiger partial charge in [0, 0.05) is 31.9 Å². The molecule has 2 heterocycles. The van der Waals surface area contributed by atoms with E-state index in [0.717, 1.165) is 6.42 Å². The molecule has 0 saturated heterocycles. The van der Waals surface area contributed by atoms with Crippen molar-refractivity contribution >= 4 is 34.2 Å². The molecule has 0 radical (unpaired) electrons. The lowest BCUT2D eigenvalue weighted by Gasteiger charge is -2.12. The predicted molar refractivity (Wildman–Crippen MR) is 110 cm³/mol. The Labute approximate surface area is 166 Å². The molecule has 8 heteroatoms. The molecule has 0 aliphatic heterocycles. The Morgan fingerprint density at radius 1 is 1.21 bits per heavy atom. The number of aromatic nitrogens is 3. The number of methoxy groups -OCH3 is 1. The number of nitrogens with one attached hydrogen (secondary N) is 2.